The van der Waals surface area contributed by atoms with Crippen LogP contribution in [0.25, 0.3) is 0 Å². The molecular formula is C26H28N4O3. The Bertz CT molecular complexity index is 1080. The van der Waals surface area contributed by atoms with Crippen molar-refractivity contribution in [1.29, 1.82) is 0 Å². The molecule has 33 heavy (non-hydrogen) atoms. The number of aliphatic hydroxyl groups excluding tert-OH is 1. The standard InChI is InChI=1S/C24H22N4O3.C2H6/c1-17(12-20(30)15-29)22-26-21-23(28(22)14-19-10-6-3-7-11-19)25-16-27(24(21)31)13-18-8-4-2-5-9-18;1-2/h2-12,15-16,21,23,30H,1,13-14H2;1-2H3/b20-12-;. The van der Waals surface area contributed by atoms with Gasteiger partial charge in [0.2, 0.25) is 0 Å². The molecule has 0 aliphatic carbocycles. The van der Waals surface area contributed by atoms with Crippen LogP contribution in [0.1, 0.15) is 25.0 Å². The van der Waals surface area contributed by atoms with E-state index in [0.717, 1.165) is 11.1 Å². The monoisotopic (exact) mass is 444 g/mol. The summed E-state index contributed by atoms with van der Waals surface area (Å²) in [6, 6.07) is 18.7. The predicted molar refractivity (Wildman–Crippen MR) is 130 cm³/mol. The van der Waals surface area contributed by atoms with Gasteiger partial charge in [0.25, 0.3) is 5.91 Å². The Balaban J connectivity index is 0.00000149. The Labute approximate surface area is 194 Å². The summed E-state index contributed by atoms with van der Waals surface area (Å²) in [5, 5.41) is 9.64. The Morgan fingerprint density at radius 2 is 1.61 bits per heavy atom. The minimum absolute atomic E-state index is 0.159. The maximum Gasteiger partial charge on any atom is 0.257 e. The number of nitrogens with zero attached hydrogens (tertiary/aromatic N) is 4. The molecule has 4 rings (SSSR count). The van der Waals surface area contributed by atoms with Crippen molar-refractivity contribution in [2.75, 3.05) is 0 Å². The predicted octanol–water partition coefficient (Wildman–Crippen LogP) is 3.89. The molecule has 0 fully saturated rings. The highest BCUT2D eigenvalue weighted by Gasteiger charge is 2.44. The van der Waals surface area contributed by atoms with Crippen molar-refractivity contribution in [1.82, 2.24) is 9.80 Å². The van der Waals surface area contributed by atoms with Crippen LogP contribution in [0.15, 0.2) is 94.6 Å². The zero-order chi connectivity index (χ0) is 23.8. The molecule has 2 heterocycles. The summed E-state index contributed by atoms with van der Waals surface area (Å²) in [6.07, 6.45) is 2.63. The fraction of sp³-hybridized carbons (Fsp3) is 0.231. The topological polar surface area (TPSA) is 85.6 Å². The molecule has 170 valence electrons. The number of carbonyl (C=O) groups is 2. The van der Waals surface area contributed by atoms with Gasteiger partial charge in [-0.3, -0.25) is 19.5 Å². The lowest BCUT2D eigenvalue weighted by molar-refractivity contribution is -0.130. The second-order valence-electron chi connectivity index (χ2n) is 7.35. The number of aliphatic imine (C=N–C) groups is 2. The van der Waals surface area contributed by atoms with Gasteiger partial charge in [-0.2, -0.15) is 0 Å². The third-order valence-corrected chi connectivity index (χ3v) is 5.15. The first-order valence-corrected chi connectivity index (χ1v) is 10.9. The Morgan fingerprint density at radius 3 is 2.18 bits per heavy atom. The van der Waals surface area contributed by atoms with E-state index < -0.39 is 18.0 Å². The lowest BCUT2D eigenvalue weighted by Gasteiger charge is -2.32. The Kier molecular flexibility index (Phi) is 7.91. The van der Waals surface area contributed by atoms with Crippen molar-refractivity contribution >= 4 is 24.4 Å². The molecule has 1 amide bonds. The van der Waals surface area contributed by atoms with E-state index in [1.54, 1.807) is 11.2 Å². The number of rotatable bonds is 7. The van der Waals surface area contributed by atoms with Crippen molar-refractivity contribution in [3.8, 4) is 0 Å². The summed E-state index contributed by atoms with van der Waals surface area (Å²) in [7, 11) is 0. The van der Waals surface area contributed by atoms with Crippen LogP contribution in [0.2, 0.25) is 0 Å². The average Bonchev–Trinajstić information content (AvgIpc) is 3.22. The fourth-order valence-corrected chi connectivity index (χ4v) is 3.68. The smallest absolute Gasteiger partial charge is 0.257 e. The van der Waals surface area contributed by atoms with Gasteiger partial charge in [0.15, 0.2) is 24.3 Å². The Morgan fingerprint density at radius 1 is 1.03 bits per heavy atom. The molecule has 2 aromatic carbocycles. The third kappa shape index (κ3) is 5.44. The maximum absolute atomic E-state index is 13.2. The molecule has 7 heteroatoms. The van der Waals surface area contributed by atoms with Gasteiger partial charge >= 0.3 is 0 Å². The molecule has 7 nitrogen and oxygen atoms in total. The average molecular weight is 445 g/mol. The number of amidine groups is 1. The number of carbonyl (C=O) groups excluding carboxylic acids is 2. The number of hydrogen-bond acceptors (Lipinski definition) is 6. The summed E-state index contributed by atoms with van der Waals surface area (Å²) in [5.41, 5.74) is 2.35. The van der Waals surface area contributed by atoms with Crippen LogP contribution < -0.4 is 0 Å². The quantitative estimate of drug-likeness (QED) is 0.304. The van der Waals surface area contributed by atoms with Crippen LogP contribution in [0.4, 0.5) is 0 Å². The molecule has 1 N–H and O–H groups in total. The van der Waals surface area contributed by atoms with Gasteiger partial charge in [-0.05, 0) is 17.2 Å². The molecule has 0 spiro atoms. The molecule has 0 aromatic heterocycles. The SMILES string of the molecule is C=C(/C=C(\O)C=O)C1=NC2C(=O)N(Cc3ccccc3)C=NC2N1Cc1ccccc1.CC. The third-order valence-electron chi connectivity index (χ3n) is 5.15. The summed E-state index contributed by atoms with van der Waals surface area (Å²) in [4.78, 5) is 36.7. The van der Waals surface area contributed by atoms with Crippen LogP contribution in [-0.4, -0.2) is 51.5 Å². The maximum atomic E-state index is 13.2. The molecule has 2 aromatic rings. The van der Waals surface area contributed by atoms with E-state index in [0.29, 0.717) is 30.8 Å². The van der Waals surface area contributed by atoms with Crippen molar-refractivity contribution in [2.45, 2.75) is 39.1 Å². The summed E-state index contributed by atoms with van der Waals surface area (Å²) in [5.74, 6) is -0.185. The van der Waals surface area contributed by atoms with Crippen LogP contribution >= 0.6 is 0 Å². The van der Waals surface area contributed by atoms with E-state index in [1.807, 2.05) is 79.4 Å². The van der Waals surface area contributed by atoms with Gasteiger partial charge in [-0.15, -0.1) is 0 Å². The first-order chi connectivity index (χ1) is 16.1. The number of hydrogen-bond donors (Lipinski definition) is 1. The highest BCUT2D eigenvalue weighted by atomic mass is 16.3. The first kappa shape index (κ1) is 23.7. The number of benzene rings is 2. The molecule has 0 saturated heterocycles. The minimum atomic E-state index is -0.726. The van der Waals surface area contributed by atoms with Gasteiger partial charge < -0.3 is 10.0 Å². The zero-order valence-corrected chi connectivity index (χ0v) is 18.8. The van der Waals surface area contributed by atoms with E-state index in [4.69, 9.17) is 0 Å². The van der Waals surface area contributed by atoms with Crippen LogP contribution in [0, 0.1) is 0 Å². The van der Waals surface area contributed by atoms with Crippen molar-refractivity contribution in [3.63, 3.8) is 0 Å². The first-order valence-electron chi connectivity index (χ1n) is 10.9. The minimum Gasteiger partial charge on any atom is -0.505 e. The highest BCUT2D eigenvalue weighted by Crippen LogP contribution is 2.29. The van der Waals surface area contributed by atoms with E-state index >= 15 is 0 Å². The number of allylic oxidation sites excluding steroid dienone is 1. The number of aldehydes is 1. The Hall–Kier alpha value is -4.00. The molecular weight excluding hydrogens is 416 g/mol. The van der Waals surface area contributed by atoms with Gasteiger partial charge in [0.1, 0.15) is 5.84 Å². The summed E-state index contributed by atoms with van der Waals surface area (Å²) < 4.78 is 0. The van der Waals surface area contributed by atoms with Crippen LogP contribution in [-0.2, 0) is 22.7 Å². The van der Waals surface area contributed by atoms with Crippen molar-refractivity contribution < 1.29 is 14.7 Å². The van der Waals surface area contributed by atoms with Gasteiger partial charge in [-0.25, -0.2) is 4.99 Å². The van der Waals surface area contributed by atoms with Gasteiger partial charge in [0, 0.05) is 12.1 Å². The summed E-state index contributed by atoms with van der Waals surface area (Å²) in [6.45, 7) is 8.80. The fourth-order valence-electron chi connectivity index (χ4n) is 3.68. The second-order valence-corrected chi connectivity index (χ2v) is 7.35. The second kappa shape index (κ2) is 11.0. The van der Waals surface area contributed by atoms with Crippen LogP contribution in [0.5, 0.6) is 0 Å². The molecule has 0 bridgehead atoms. The van der Waals surface area contributed by atoms with E-state index in [2.05, 4.69) is 16.6 Å². The van der Waals surface area contributed by atoms with E-state index in [-0.39, 0.29) is 5.91 Å². The van der Waals surface area contributed by atoms with Crippen LogP contribution in [0.3, 0.4) is 0 Å². The van der Waals surface area contributed by atoms with E-state index in [1.165, 1.54) is 6.08 Å². The van der Waals surface area contributed by atoms with Crippen molar-refractivity contribution in [3.05, 3.63) is 95.8 Å². The summed E-state index contributed by atoms with van der Waals surface area (Å²) >= 11 is 0. The molecule has 2 atom stereocenters. The van der Waals surface area contributed by atoms with E-state index in [9.17, 15) is 14.7 Å². The highest BCUT2D eigenvalue weighted by molar-refractivity contribution is 6.06. The molecule has 0 radical (unpaired) electrons. The lowest BCUT2D eigenvalue weighted by atomic mass is 10.1. The number of fused-ring (bicyclic) bond motifs is 1. The van der Waals surface area contributed by atoms with Gasteiger partial charge in [0.05, 0.1) is 12.9 Å². The lowest BCUT2D eigenvalue weighted by Crippen LogP contribution is -2.50. The van der Waals surface area contributed by atoms with Gasteiger partial charge in [-0.1, -0.05) is 81.1 Å². The zero-order valence-electron chi connectivity index (χ0n) is 18.8. The molecule has 2 unspecified atom stereocenters. The number of amides is 1. The molecule has 0 saturated carbocycles. The molecule has 2 aliphatic rings. The number of aliphatic hydroxyl groups is 1. The molecule has 2 aliphatic heterocycles. The normalized spacial score (nSPS) is 19.4. The largest absolute Gasteiger partial charge is 0.505 e. The van der Waals surface area contributed by atoms with Crippen molar-refractivity contribution in [2.24, 2.45) is 9.98 Å².